The van der Waals surface area contributed by atoms with Crippen molar-refractivity contribution in [3.8, 4) is 0 Å². The highest BCUT2D eigenvalue weighted by Gasteiger charge is 2.05. The predicted molar refractivity (Wildman–Crippen MR) is 60.0 cm³/mol. The fourth-order valence-electron chi connectivity index (χ4n) is 1.32. The molecule has 3 N–H and O–H groups in total. The number of nitrogens with one attached hydrogen (secondary N) is 1. The average Bonchev–Trinajstić information content (AvgIpc) is 2.16. The van der Waals surface area contributed by atoms with Crippen LogP contribution in [0.15, 0.2) is 0 Å². The van der Waals surface area contributed by atoms with E-state index in [0.29, 0.717) is 0 Å². The highest BCUT2D eigenvalue weighted by Crippen LogP contribution is 2.04. The second-order valence-corrected chi connectivity index (χ2v) is 3.85. The SMILES string of the molecule is CCCCCCCCNC(C)C(N)=O. The second kappa shape index (κ2) is 9.00. The largest absolute Gasteiger partial charge is 0.368 e. The summed E-state index contributed by atoms with van der Waals surface area (Å²) in [5.74, 6) is -0.268. The summed E-state index contributed by atoms with van der Waals surface area (Å²) in [6, 6.07) is -0.189. The first-order valence-electron chi connectivity index (χ1n) is 5.71. The van der Waals surface area contributed by atoms with Crippen LogP contribution in [0.3, 0.4) is 0 Å². The summed E-state index contributed by atoms with van der Waals surface area (Å²) in [6.45, 7) is 4.92. The van der Waals surface area contributed by atoms with Gasteiger partial charge in [0.2, 0.25) is 5.91 Å². The van der Waals surface area contributed by atoms with Gasteiger partial charge < -0.3 is 11.1 Å². The van der Waals surface area contributed by atoms with Gasteiger partial charge in [-0.05, 0) is 19.9 Å². The minimum absolute atomic E-state index is 0.189. The lowest BCUT2D eigenvalue weighted by molar-refractivity contribution is -0.119. The minimum atomic E-state index is -0.268. The summed E-state index contributed by atoms with van der Waals surface area (Å²) in [5.41, 5.74) is 5.11. The lowest BCUT2D eigenvalue weighted by Crippen LogP contribution is -2.39. The molecule has 0 bridgehead atoms. The summed E-state index contributed by atoms with van der Waals surface area (Å²) in [6.07, 6.45) is 7.66. The molecule has 0 aromatic heterocycles. The Hall–Kier alpha value is -0.570. The molecule has 0 saturated carbocycles. The number of unbranched alkanes of at least 4 members (excludes halogenated alkanes) is 5. The monoisotopic (exact) mass is 200 g/mol. The van der Waals surface area contributed by atoms with Crippen molar-refractivity contribution >= 4 is 5.91 Å². The molecule has 0 spiro atoms. The normalized spacial score (nSPS) is 12.7. The van der Waals surface area contributed by atoms with Gasteiger partial charge in [0.25, 0.3) is 0 Å². The Morgan fingerprint density at radius 3 is 2.36 bits per heavy atom. The predicted octanol–water partition coefficient (Wildman–Crippen LogP) is 1.81. The lowest BCUT2D eigenvalue weighted by Gasteiger charge is -2.09. The minimum Gasteiger partial charge on any atom is -0.368 e. The van der Waals surface area contributed by atoms with Crippen molar-refractivity contribution in [3.05, 3.63) is 0 Å². The van der Waals surface area contributed by atoms with Crippen molar-refractivity contribution in [2.45, 2.75) is 58.4 Å². The highest BCUT2D eigenvalue weighted by molar-refractivity contribution is 5.79. The first-order chi connectivity index (χ1) is 6.68. The molecule has 0 aromatic rings. The molecule has 0 aliphatic heterocycles. The van der Waals surface area contributed by atoms with E-state index in [1.807, 2.05) is 0 Å². The second-order valence-electron chi connectivity index (χ2n) is 3.85. The van der Waals surface area contributed by atoms with E-state index in [4.69, 9.17) is 5.73 Å². The highest BCUT2D eigenvalue weighted by atomic mass is 16.1. The number of carbonyl (C=O) groups excluding carboxylic acids is 1. The zero-order chi connectivity index (χ0) is 10.8. The molecule has 1 atom stereocenters. The van der Waals surface area contributed by atoms with Gasteiger partial charge in [-0.25, -0.2) is 0 Å². The fourth-order valence-corrected chi connectivity index (χ4v) is 1.32. The van der Waals surface area contributed by atoms with E-state index >= 15 is 0 Å². The molecule has 0 aliphatic carbocycles. The Morgan fingerprint density at radius 1 is 1.21 bits per heavy atom. The van der Waals surface area contributed by atoms with Gasteiger partial charge in [0, 0.05) is 0 Å². The number of hydrogen-bond donors (Lipinski definition) is 2. The third-order valence-corrected chi connectivity index (χ3v) is 2.41. The molecule has 3 nitrogen and oxygen atoms in total. The summed E-state index contributed by atoms with van der Waals surface area (Å²) in [7, 11) is 0. The molecular weight excluding hydrogens is 176 g/mol. The third-order valence-electron chi connectivity index (χ3n) is 2.41. The first kappa shape index (κ1) is 13.4. The first-order valence-corrected chi connectivity index (χ1v) is 5.71. The van der Waals surface area contributed by atoms with E-state index in [-0.39, 0.29) is 11.9 Å². The summed E-state index contributed by atoms with van der Waals surface area (Å²) >= 11 is 0. The fraction of sp³-hybridized carbons (Fsp3) is 0.909. The van der Waals surface area contributed by atoms with E-state index in [2.05, 4.69) is 12.2 Å². The van der Waals surface area contributed by atoms with E-state index in [0.717, 1.165) is 13.0 Å². The van der Waals surface area contributed by atoms with Crippen molar-refractivity contribution in [2.75, 3.05) is 6.54 Å². The van der Waals surface area contributed by atoms with Crippen molar-refractivity contribution in [3.63, 3.8) is 0 Å². The van der Waals surface area contributed by atoms with Gasteiger partial charge in [0.1, 0.15) is 0 Å². The number of nitrogens with two attached hydrogens (primary N) is 1. The number of hydrogen-bond acceptors (Lipinski definition) is 2. The quantitative estimate of drug-likeness (QED) is 0.558. The van der Waals surface area contributed by atoms with Gasteiger partial charge in [0.15, 0.2) is 0 Å². The molecular formula is C11H24N2O. The molecule has 3 heteroatoms. The van der Waals surface area contributed by atoms with Crippen LogP contribution in [-0.2, 0) is 4.79 Å². The number of carbonyl (C=O) groups is 1. The average molecular weight is 200 g/mol. The molecule has 1 amide bonds. The van der Waals surface area contributed by atoms with E-state index < -0.39 is 0 Å². The zero-order valence-electron chi connectivity index (χ0n) is 9.51. The molecule has 84 valence electrons. The van der Waals surface area contributed by atoms with Crippen molar-refractivity contribution < 1.29 is 4.79 Å². The maximum atomic E-state index is 10.7. The summed E-state index contributed by atoms with van der Waals surface area (Å²) < 4.78 is 0. The number of amides is 1. The van der Waals surface area contributed by atoms with Gasteiger partial charge in [-0.3, -0.25) is 4.79 Å². The van der Waals surface area contributed by atoms with Gasteiger partial charge in [-0.2, -0.15) is 0 Å². The van der Waals surface area contributed by atoms with Crippen LogP contribution < -0.4 is 11.1 Å². The van der Waals surface area contributed by atoms with Crippen LogP contribution >= 0.6 is 0 Å². The van der Waals surface area contributed by atoms with Crippen molar-refractivity contribution in [1.82, 2.24) is 5.32 Å². The Bertz CT molecular complexity index is 148. The van der Waals surface area contributed by atoms with Crippen LogP contribution in [0, 0.1) is 0 Å². The Kier molecular flexibility index (Phi) is 8.64. The van der Waals surface area contributed by atoms with Gasteiger partial charge in [0.05, 0.1) is 6.04 Å². The van der Waals surface area contributed by atoms with Crippen LogP contribution in [0.4, 0.5) is 0 Å². The Balaban J connectivity index is 3.09. The maximum absolute atomic E-state index is 10.7. The molecule has 0 radical (unpaired) electrons. The van der Waals surface area contributed by atoms with Gasteiger partial charge in [-0.15, -0.1) is 0 Å². The maximum Gasteiger partial charge on any atom is 0.234 e. The van der Waals surface area contributed by atoms with E-state index in [9.17, 15) is 4.79 Å². The lowest BCUT2D eigenvalue weighted by atomic mass is 10.1. The van der Waals surface area contributed by atoms with Crippen LogP contribution in [-0.4, -0.2) is 18.5 Å². The summed E-state index contributed by atoms with van der Waals surface area (Å²) in [4.78, 5) is 10.7. The number of rotatable bonds is 9. The van der Waals surface area contributed by atoms with Crippen LogP contribution in [0.1, 0.15) is 52.4 Å². The molecule has 1 unspecified atom stereocenters. The molecule has 0 saturated heterocycles. The molecule has 0 rings (SSSR count). The van der Waals surface area contributed by atoms with Crippen molar-refractivity contribution in [2.24, 2.45) is 5.73 Å². The third kappa shape index (κ3) is 8.05. The van der Waals surface area contributed by atoms with Gasteiger partial charge in [-0.1, -0.05) is 39.0 Å². The Morgan fingerprint density at radius 2 is 1.79 bits per heavy atom. The molecule has 0 heterocycles. The van der Waals surface area contributed by atoms with Crippen LogP contribution in [0.25, 0.3) is 0 Å². The van der Waals surface area contributed by atoms with Gasteiger partial charge >= 0.3 is 0 Å². The molecule has 0 fully saturated rings. The standard InChI is InChI=1S/C11H24N2O/c1-3-4-5-6-7-8-9-13-10(2)11(12)14/h10,13H,3-9H2,1-2H3,(H2,12,14). The molecule has 0 aromatic carbocycles. The van der Waals surface area contributed by atoms with E-state index in [1.54, 1.807) is 6.92 Å². The smallest absolute Gasteiger partial charge is 0.234 e. The van der Waals surface area contributed by atoms with Crippen LogP contribution in [0.5, 0.6) is 0 Å². The Labute approximate surface area is 87.4 Å². The van der Waals surface area contributed by atoms with E-state index in [1.165, 1.54) is 32.1 Å². The number of primary amides is 1. The topological polar surface area (TPSA) is 55.1 Å². The van der Waals surface area contributed by atoms with Crippen LogP contribution in [0.2, 0.25) is 0 Å². The zero-order valence-corrected chi connectivity index (χ0v) is 9.51. The molecule has 14 heavy (non-hydrogen) atoms. The summed E-state index contributed by atoms with van der Waals surface area (Å²) in [5, 5.41) is 3.10. The van der Waals surface area contributed by atoms with Crippen molar-refractivity contribution in [1.29, 1.82) is 0 Å². The molecule has 0 aliphatic rings.